The summed E-state index contributed by atoms with van der Waals surface area (Å²) in [5.74, 6) is 0.420. The largest absolute Gasteiger partial charge is 0.319 e. The van der Waals surface area contributed by atoms with E-state index in [0.717, 1.165) is 24.1 Å². The number of halogens is 2. The molecule has 1 atom stereocenters. The molecule has 1 unspecified atom stereocenters. The molecule has 1 aromatic heterocycles. The van der Waals surface area contributed by atoms with Crippen molar-refractivity contribution in [2.24, 2.45) is 0 Å². The van der Waals surface area contributed by atoms with Gasteiger partial charge in [0.05, 0.1) is 6.54 Å². The van der Waals surface area contributed by atoms with Crippen molar-refractivity contribution in [3.8, 4) is 0 Å². The van der Waals surface area contributed by atoms with Crippen molar-refractivity contribution >= 4 is 0 Å². The second-order valence-corrected chi connectivity index (χ2v) is 4.87. The third-order valence-electron chi connectivity index (χ3n) is 3.31. The van der Waals surface area contributed by atoms with Gasteiger partial charge in [-0.25, -0.2) is 4.98 Å². The predicted molar refractivity (Wildman–Crippen MR) is 65.5 cm³/mol. The van der Waals surface area contributed by atoms with Crippen LogP contribution in [0.15, 0.2) is 12.4 Å². The van der Waals surface area contributed by atoms with Crippen LogP contribution in [0.3, 0.4) is 0 Å². The van der Waals surface area contributed by atoms with Crippen molar-refractivity contribution in [1.82, 2.24) is 19.8 Å². The fourth-order valence-corrected chi connectivity index (χ4v) is 2.41. The summed E-state index contributed by atoms with van der Waals surface area (Å²) >= 11 is 0. The Hall–Kier alpha value is -1.01. The molecule has 1 saturated heterocycles. The molecular weight excluding hydrogens is 238 g/mol. The van der Waals surface area contributed by atoms with Gasteiger partial charge in [-0.05, 0) is 26.4 Å². The van der Waals surface area contributed by atoms with Crippen LogP contribution in [0.5, 0.6) is 0 Å². The topological polar surface area (TPSA) is 33.1 Å². The number of rotatable bonds is 5. The van der Waals surface area contributed by atoms with Gasteiger partial charge in [0, 0.05) is 25.0 Å². The maximum atomic E-state index is 12.7. The van der Waals surface area contributed by atoms with Gasteiger partial charge in [0.25, 0.3) is 0 Å². The minimum absolute atomic E-state index is 0.420. The minimum atomic E-state index is -2.51. The molecular formula is C12H20F2N4. The van der Waals surface area contributed by atoms with Gasteiger partial charge in [0.2, 0.25) is 0 Å². The molecule has 102 valence electrons. The smallest absolute Gasteiger partial charge is 0.313 e. The van der Waals surface area contributed by atoms with Crippen molar-refractivity contribution in [1.29, 1.82) is 0 Å². The van der Waals surface area contributed by atoms with Crippen molar-refractivity contribution in [2.45, 2.75) is 38.4 Å². The van der Waals surface area contributed by atoms with Crippen LogP contribution in [0.4, 0.5) is 8.78 Å². The van der Waals surface area contributed by atoms with E-state index in [-0.39, 0.29) is 0 Å². The molecule has 0 aromatic carbocycles. The lowest BCUT2D eigenvalue weighted by atomic mass is 10.0. The van der Waals surface area contributed by atoms with Gasteiger partial charge in [0.15, 0.2) is 0 Å². The molecule has 2 heterocycles. The summed E-state index contributed by atoms with van der Waals surface area (Å²) in [7, 11) is 1.95. The Morgan fingerprint density at radius 1 is 1.56 bits per heavy atom. The molecule has 1 N–H and O–H groups in total. The number of imidazole rings is 1. The molecule has 0 radical (unpaired) electrons. The predicted octanol–water partition coefficient (Wildman–Crippen LogP) is 1.85. The number of nitrogens with one attached hydrogen (secondary N) is 1. The first-order valence-corrected chi connectivity index (χ1v) is 6.38. The van der Waals surface area contributed by atoms with Crippen LogP contribution in [0.1, 0.15) is 31.6 Å². The van der Waals surface area contributed by atoms with E-state index in [2.05, 4.69) is 10.3 Å². The van der Waals surface area contributed by atoms with Gasteiger partial charge in [-0.1, -0.05) is 6.42 Å². The summed E-state index contributed by atoms with van der Waals surface area (Å²) in [5.41, 5.74) is 0. The first-order chi connectivity index (χ1) is 8.66. The molecule has 1 aromatic rings. The minimum Gasteiger partial charge on any atom is -0.313 e. The second kappa shape index (κ2) is 6.24. The van der Waals surface area contributed by atoms with Crippen LogP contribution in [0, 0.1) is 0 Å². The summed E-state index contributed by atoms with van der Waals surface area (Å²) in [6.45, 7) is -0.126. The fraction of sp³-hybridized carbons (Fsp3) is 0.750. The van der Waals surface area contributed by atoms with E-state index < -0.39 is 6.55 Å². The molecule has 0 saturated carbocycles. The number of likely N-dealkylation sites (N-methyl/N-ethyl adjacent to an activating group) is 1. The molecule has 0 aliphatic carbocycles. The number of hydrogen-bond donors (Lipinski definition) is 1. The van der Waals surface area contributed by atoms with Gasteiger partial charge in [-0.3, -0.25) is 9.47 Å². The van der Waals surface area contributed by atoms with Crippen molar-refractivity contribution in [3.05, 3.63) is 18.2 Å². The van der Waals surface area contributed by atoms with E-state index in [1.165, 1.54) is 25.2 Å². The average Bonchev–Trinajstić information content (AvgIpc) is 2.78. The van der Waals surface area contributed by atoms with Gasteiger partial charge in [-0.2, -0.15) is 8.78 Å². The lowest BCUT2D eigenvalue weighted by Gasteiger charge is -2.28. The lowest BCUT2D eigenvalue weighted by molar-refractivity contribution is 0.0643. The van der Waals surface area contributed by atoms with Gasteiger partial charge in [0.1, 0.15) is 5.82 Å². The second-order valence-electron chi connectivity index (χ2n) is 4.87. The summed E-state index contributed by atoms with van der Waals surface area (Å²) in [5, 5.41) is 3.45. The number of alkyl halides is 2. The maximum Gasteiger partial charge on any atom is 0.319 e. The molecule has 6 heteroatoms. The first-order valence-electron chi connectivity index (χ1n) is 6.38. The number of nitrogens with zero attached hydrogens (tertiary/aromatic N) is 3. The fourth-order valence-electron chi connectivity index (χ4n) is 2.41. The Bertz CT molecular complexity index is 361. The number of piperidine rings is 1. The zero-order valence-electron chi connectivity index (χ0n) is 10.6. The summed E-state index contributed by atoms with van der Waals surface area (Å²) < 4.78 is 26.2. The van der Waals surface area contributed by atoms with Crippen LogP contribution in [0.2, 0.25) is 0 Å². The Balaban J connectivity index is 1.86. The van der Waals surface area contributed by atoms with Crippen LogP contribution < -0.4 is 5.32 Å². The van der Waals surface area contributed by atoms with E-state index in [1.54, 1.807) is 0 Å². The van der Waals surface area contributed by atoms with Crippen LogP contribution in [0.25, 0.3) is 0 Å². The van der Waals surface area contributed by atoms with Crippen molar-refractivity contribution in [2.75, 3.05) is 20.1 Å². The van der Waals surface area contributed by atoms with Crippen molar-refractivity contribution < 1.29 is 8.78 Å². The van der Waals surface area contributed by atoms with E-state index in [1.807, 2.05) is 11.9 Å². The molecule has 1 fully saturated rings. The maximum absolute atomic E-state index is 12.7. The molecule has 1 aliphatic rings. The van der Waals surface area contributed by atoms with Crippen LogP contribution in [-0.4, -0.2) is 40.6 Å². The average molecular weight is 258 g/mol. The van der Waals surface area contributed by atoms with E-state index in [4.69, 9.17) is 0 Å². The quantitative estimate of drug-likeness (QED) is 0.875. The van der Waals surface area contributed by atoms with E-state index >= 15 is 0 Å². The van der Waals surface area contributed by atoms with Crippen LogP contribution in [-0.2, 0) is 6.54 Å². The highest BCUT2D eigenvalue weighted by atomic mass is 19.3. The van der Waals surface area contributed by atoms with Gasteiger partial charge >= 0.3 is 6.55 Å². The third kappa shape index (κ3) is 3.49. The molecule has 2 rings (SSSR count). The zero-order valence-corrected chi connectivity index (χ0v) is 10.6. The Kier molecular flexibility index (Phi) is 4.66. The third-order valence-corrected chi connectivity index (χ3v) is 3.31. The van der Waals surface area contributed by atoms with Gasteiger partial charge in [-0.15, -0.1) is 0 Å². The Morgan fingerprint density at radius 3 is 3.06 bits per heavy atom. The standard InChI is InChI=1S/C12H20F2N4/c1-17(8-10-4-2-3-5-15-10)9-11-16-6-7-18(11)12(13)14/h6-7,10,12,15H,2-5,8-9H2,1H3. The molecule has 0 bridgehead atoms. The summed E-state index contributed by atoms with van der Waals surface area (Å²) in [4.78, 5) is 6.04. The highest BCUT2D eigenvalue weighted by Crippen LogP contribution is 2.14. The summed E-state index contributed by atoms with van der Waals surface area (Å²) in [6.07, 6.45) is 6.39. The lowest BCUT2D eigenvalue weighted by Crippen LogP contribution is -2.42. The highest BCUT2D eigenvalue weighted by Gasteiger charge is 2.17. The Labute approximate surface area is 106 Å². The molecule has 1 aliphatic heterocycles. The number of hydrogen-bond acceptors (Lipinski definition) is 3. The van der Waals surface area contributed by atoms with E-state index in [9.17, 15) is 8.78 Å². The monoisotopic (exact) mass is 258 g/mol. The van der Waals surface area contributed by atoms with Gasteiger partial charge < -0.3 is 5.32 Å². The summed E-state index contributed by atoms with van der Waals surface area (Å²) in [6, 6.07) is 0.471. The van der Waals surface area contributed by atoms with Crippen LogP contribution >= 0.6 is 0 Å². The normalized spacial score (nSPS) is 20.8. The molecule has 0 spiro atoms. The molecule has 0 amide bonds. The zero-order chi connectivity index (χ0) is 13.0. The Morgan fingerprint density at radius 2 is 2.39 bits per heavy atom. The first kappa shape index (κ1) is 13.4. The SMILES string of the molecule is CN(Cc1nccn1C(F)F)CC1CCCCN1. The van der Waals surface area contributed by atoms with Crippen molar-refractivity contribution in [3.63, 3.8) is 0 Å². The van der Waals surface area contributed by atoms with E-state index in [0.29, 0.717) is 18.4 Å². The number of aromatic nitrogens is 2. The highest BCUT2D eigenvalue weighted by molar-refractivity contribution is 4.93. The molecule has 18 heavy (non-hydrogen) atoms. The molecule has 4 nitrogen and oxygen atoms in total.